The number of hydrogen-bond donors (Lipinski definition) is 5. The van der Waals surface area contributed by atoms with Crippen molar-refractivity contribution in [3.05, 3.63) is 83.4 Å². The SMILES string of the molecule is COc1cc2ccc1CNC(=O)[C@H](C)NC(=O)[C@H](CCc1ccccc1)NC(=O)CN(C(=O)[C@H](N)CC(C)C)CCCCNC(=O)c1ccc(OC)c(c1)O2. The topological polar surface area (TPSA) is 190 Å². The van der Waals surface area contributed by atoms with Crippen LogP contribution in [0.4, 0.5) is 0 Å². The van der Waals surface area contributed by atoms with E-state index in [1.165, 1.54) is 19.1 Å². The van der Waals surface area contributed by atoms with Crippen molar-refractivity contribution in [2.45, 2.75) is 77.5 Å². The lowest BCUT2D eigenvalue weighted by Gasteiger charge is -2.27. The Labute approximate surface area is 322 Å². The Bertz CT molecular complexity index is 1790. The minimum absolute atomic E-state index is 0.0818. The van der Waals surface area contributed by atoms with Crippen LogP contribution in [-0.4, -0.2) is 86.4 Å². The van der Waals surface area contributed by atoms with E-state index in [2.05, 4.69) is 21.3 Å². The molecule has 0 aliphatic carbocycles. The fourth-order valence-corrected chi connectivity index (χ4v) is 6.15. The number of carbonyl (C=O) groups excluding carboxylic acids is 5. The average molecular weight is 759 g/mol. The normalized spacial score (nSPS) is 18.4. The molecule has 0 aromatic heterocycles. The lowest BCUT2D eigenvalue weighted by molar-refractivity contribution is -0.138. The van der Waals surface area contributed by atoms with Gasteiger partial charge in [-0.1, -0.05) is 44.2 Å². The zero-order valence-corrected chi connectivity index (χ0v) is 32.3. The number of nitrogens with zero attached hydrogens (tertiary/aromatic N) is 1. The molecule has 55 heavy (non-hydrogen) atoms. The molecule has 3 aromatic carbocycles. The molecule has 2 aliphatic heterocycles. The molecule has 14 heteroatoms. The van der Waals surface area contributed by atoms with Crippen LogP contribution in [0.3, 0.4) is 0 Å². The third-order valence-corrected chi connectivity index (χ3v) is 9.16. The van der Waals surface area contributed by atoms with Crippen LogP contribution in [-0.2, 0) is 32.1 Å². The fourth-order valence-electron chi connectivity index (χ4n) is 6.15. The number of aryl methyl sites for hydroxylation is 1. The summed E-state index contributed by atoms with van der Waals surface area (Å²) in [5.41, 5.74) is 8.25. The lowest BCUT2D eigenvalue weighted by atomic mass is 10.0. The van der Waals surface area contributed by atoms with E-state index in [1.54, 1.807) is 43.3 Å². The van der Waals surface area contributed by atoms with E-state index >= 15 is 0 Å². The fraction of sp³-hybridized carbons (Fsp3) is 0.439. The molecular weight excluding hydrogens is 704 g/mol. The van der Waals surface area contributed by atoms with Gasteiger partial charge in [0.1, 0.15) is 23.6 Å². The molecule has 6 N–H and O–H groups in total. The Morgan fingerprint density at radius 3 is 2.36 bits per heavy atom. The minimum atomic E-state index is -1.00. The molecule has 14 nitrogen and oxygen atoms in total. The average Bonchev–Trinajstić information content (AvgIpc) is 3.17. The molecule has 0 radical (unpaired) electrons. The highest BCUT2D eigenvalue weighted by Gasteiger charge is 2.28. The largest absolute Gasteiger partial charge is 0.496 e. The number of hydrogen-bond acceptors (Lipinski definition) is 9. The Hall–Kier alpha value is -5.63. The van der Waals surface area contributed by atoms with E-state index in [4.69, 9.17) is 19.9 Å². The second-order valence-electron chi connectivity index (χ2n) is 14.0. The Kier molecular flexibility index (Phi) is 15.9. The number of carbonyl (C=O) groups is 5. The monoisotopic (exact) mass is 758 g/mol. The number of benzene rings is 3. The molecule has 5 rings (SSSR count). The second-order valence-corrected chi connectivity index (χ2v) is 14.0. The van der Waals surface area contributed by atoms with Crippen molar-refractivity contribution in [2.24, 2.45) is 11.7 Å². The first kappa shape index (κ1) is 42.1. The van der Waals surface area contributed by atoms with Gasteiger partial charge >= 0.3 is 0 Å². The molecule has 3 aromatic rings. The molecule has 4 bridgehead atoms. The molecule has 0 saturated carbocycles. The molecule has 0 fully saturated rings. The van der Waals surface area contributed by atoms with Gasteiger partial charge in [0, 0.05) is 36.8 Å². The number of nitrogens with two attached hydrogens (primary N) is 1. The quantitative estimate of drug-likeness (QED) is 0.214. The van der Waals surface area contributed by atoms with Crippen LogP contribution in [0.5, 0.6) is 23.0 Å². The summed E-state index contributed by atoms with van der Waals surface area (Å²) in [5.74, 6) is -0.530. The standard InChI is InChI=1S/C41H54N6O8/c1-26(2)21-32(42)41(52)47-20-10-9-19-43-39(50)29-15-18-34(53-4)36(22-29)55-31-16-14-30(35(23-31)54-5)24-44-38(49)27(3)45-40(51)33(46-37(48)25-47)17-13-28-11-7-6-8-12-28/h6-8,11-12,14-16,18,22-23,26-27,32-33H,9-10,13,17,19-21,24-25,42H2,1-5H3,(H,43,50)(H,44,49)(H,45,51)(H,46,48)/t27-,32+,33-/m0/s1. The molecule has 296 valence electrons. The first-order chi connectivity index (χ1) is 26.4. The maximum atomic E-state index is 13.7. The highest BCUT2D eigenvalue weighted by Crippen LogP contribution is 2.35. The number of rotatable bonds is 8. The number of amides is 5. The molecule has 3 atom stereocenters. The van der Waals surface area contributed by atoms with Gasteiger partial charge in [-0.2, -0.15) is 0 Å². The van der Waals surface area contributed by atoms with Crippen LogP contribution in [0.25, 0.3) is 0 Å². The van der Waals surface area contributed by atoms with Crippen LogP contribution in [0.15, 0.2) is 66.7 Å². The maximum Gasteiger partial charge on any atom is 0.251 e. The molecule has 2 aliphatic rings. The molecule has 0 unspecified atom stereocenters. The van der Waals surface area contributed by atoms with Gasteiger partial charge in [0.05, 0.1) is 26.8 Å². The number of fused-ring (bicyclic) bond motifs is 18. The van der Waals surface area contributed by atoms with Crippen LogP contribution in [0, 0.1) is 5.92 Å². The summed E-state index contributed by atoms with van der Waals surface area (Å²) in [5, 5.41) is 11.3. The molecule has 2 heterocycles. The van der Waals surface area contributed by atoms with E-state index in [1.807, 2.05) is 44.2 Å². The molecule has 5 amide bonds. The third kappa shape index (κ3) is 12.7. The van der Waals surface area contributed by atoms with Gasteiger partial charge in [0.15, 0.2) is 11.5 Å². The van der Waals surface area contributed by atoms with Gasteiger partial charge in [0.2, 0.25) is 23.6 Å². The Morgan fingerprint density at radius 2 is 1.65 bits per heavy atom. The number of ether oxygens (including phenoxy) is 3. The highest BCUT2D eigenvalue weighted by atomic mass is 16.5. The van der Waals surface area contributed by atoms with Crippen LogP contribution in [0.2, 0.25) is 0 Å². The smallest absolute Gasteiger partial charge is 0.251 e. The zero-order chi connectivity index (χ0) is 39.9. The van der Waals surface area contributed by atoms with Crippen molar-refractivity contribution in [3.8, 4) is 23.0 Å². The van der Waals surface area contributed by atoms with Crippen molar-refractivity contribution in [3.63, 3.8) is 0 Å². The van der Waals surface area contributed by atoms with E-state index < -0.39 is 35.8 Å². The van der Waals surface area contributed by atoms with Crippen molar-refractivity contribution < 1.29 is 38.2 Å². The summed E-state index contributed by atoms with van der Waals surface area (Å²) in [6.45, 7) is 5.75. The third-order valence-electron chi connectivity index (χ3n) is 9.16. The van der Waals surface area contributed by atoms with E-state index in [0.29, 0.717) is 66.4 Å². The van der Waals surface area contributed by atoms with Gasteiger partial charge in [-0.25, -0.2) is 0 Å². The van der Waals surface area contributed by atoms with Gasteiger partial charge in [-0.3, -0.25) is 24.0 Å². The number of nitrogens with one attached hydrogen (secondary N) is 4. The van der Waals surface area contributed by atoms with Crippen LogP contribution >= 0.6 is 0 Å². The first-order valence-electron chi connectivity index (χ1n) is 18.6. The van der Waals surface area contributed by atoms with Gasteiger partial charge < -0.3 is 46.1 Å². The summed E-state index contributed by atoms with van der Waals surface area (Å²) < 4.78 is 17.2. The van der Waals surface area contributed by atoms with E-state index in [0.717, 1.165) is 5.56 Å². The van der Waals surface area contributed by atoms with Crippen molar-refractivity contribution >= 4 is 29.5 Å². The van der Waals surface area contributed by atoms with Gasteiger partial charge in [-0.05, 0) is 80.8 Å². The Balaban J connectivity index is 1.61. The van der Waals surface area contributed by atoms with Crippen molar-refractivity contribution in [1.29, 1.82) is 0 Å². The zero-order valence-electron chi connectivity index (χ0n) is 32.3. The predicted octanol–water partition coefficient (Wildman–Crippen LogP) is 3.46. The first-order valence-corrected chi connectivity index (χ1v) is 18.6. The maximum absolute atomic E-state index is 13.7. The molecular formula is C41H54N6O8. The van der Waals surface area contributed by atoms with Gasteiger partial charge in [0.25, 0.3) is 5.91 Å². The van der Waals surface area contributed by atoms with Crippen molar-refractivity contribution in [1.82, 2.24) is 26.2 Å². The molecule has 0 saturated heterocycles. The van der Waals surface area contributed by atoms with Crippen LogP contribution < -0.4 is 41.2 Å². The van der Waals surface area contributed by atoms with E-state index in [9.17, 15) is 24.0 Å². The Morgan fingerprint density at radius 1 is 0.909 bits per heavy atom. The second kappa shape index (κ2) is 20.7. The minimum Gasteiger partial charge on any atom is -0.496 e. The summed E-state index contributed by atoms with van der Waals surface area (Å²) >= 11 is 0. The summed E-state index contributed by atoms with van der Waals surface area (Å²) in [4.78, 5) is 68.6. The van der Waals surface area contributed by atoms with Crippen molar-refractivity contribution in [2.75, 3.05) is 33.9 Å². The van der Waals surface area contributed by atoms with E-state index in [-0.39, 0.29) is 43.8 Å². The van der Waals surface area contributed by atoms with Gasteiger partial charge in [-0.15, -0.1) is 0 Å². The highest BCUT2D eigenvalue weighted by molar-refractivity contribution is 5.95. The molecule has 0 spiro atoms. The summed E-state index contributed by atoms with van der Waals surface area (Å²) in [6.07, 6.45) is 2.12. The summed E-state index contributed by atoms with van der Waals surface area (Å²) in [7, 11) is 2.99. The predicted molar refractivity (Wildman–Crippen MR) is 208 cm³/mol. The summed E-state index contributed by atoms with van der Waals surface area (Å²) in [6, 6.07) is 16.7. The number of methoxy groups -OCH3 is 2. The van der Waals surface area contributed by atoms with Crippen LogP contribution in [0.1, 0.15) is 67.9 Å². The lowest BCUT2D eigenvalue weighted by Crippen LogP contribution is -2.55.